The Bertz CT molecular complexity index is 800. The summed E-state index contributed by atoms with van der Waals surface area (Å²) in [5, 5.41) is 9.03. The van der Waals surface area contributed by atoms with E-state index in [4.69, 9.17) is 4.52 Å². The summed E-state index contributed by atoms with van der Waals surface area (Å²) in [6.45, 7) is 4.20. The average molecular weight is 356 g/mol. The standard InChI is InChI=1S/C18H20N4O2S/c1-12(2)17(14-7-5-11-25-14)20-15(23)8-9-16-21-18(22-24-16)13-6-3-4-10-19-13/h3-7,10-12,17H,8-9H2,1-2H3,(H,20,23). The third-order valence-electron chi connectivity index (χ3n) is 3.76. The van der Waals surface area contributed by atoms with Crippen molar-refractivity contribution in [2.24, 2.45) is 5.92 Å². The van der Waals surface area contributed by atoms with Gasteiger partial charge in [-0.1, -0.05) is 31.1 Å². The van der Waals surface area contributed by atoms with E-state index in [2.05, 4.69) is 34.3 Å². The van der Waals surface area contributed by atoms with Crippen LogP contribution in [0, 0.1) is 5.92 Å². The molecule has 25 heavy (non-hydrogen) atoms. The van der Waals surface area contributed by atoms with Crippen molar-refractivity contribution in [3.05, 3.63) is 52.7 Å². The Labute approximate surface area is 150 Å². The molecule has 3 aromatic rings. The number of aromatic nitrogens is 3. The van der Waals surface area contributed by atoms with Crippen LogP contribution in [0.25, 0.3) is 11.5 Å². The molecule has 0 spiro atoms. The fourth-order valence-electron chi connectivity index (χ4n) is 2.46. The van der Waals surface area contributed by atoms with Crippen LogP contribution in [0.1, 0.15) is 37.1 Å². The van der Waals surface area contributed by atoms with E-state index in [1.807, 2.05) is 35.7 Å². The van der Waals surface area contributed by atoms with E-state index < -0.39 is 0 Å². The van der Waals surface area contributed by atoms with Crippen LogP contribution in [-0.2, 0) is 11.2 Å². The minimum atomic E-state index is -0.0234. The molecule has 0 bridgehead atoms. The molecule has 3 rings (SSSR count). The van der Waals surface area contributed by atoms with E-state index in [1.165, 1.54) is 4.88 Å². The zero-order valence-electron chi connectivity index (χ0n) is 14.2. The quantitative estimate of drug-likeness (QED) is 0.699. The maximum absolute atomic E-state index is 12.3. The lowest BCUT2D eigenvalue weighted by Gasteiger charge is -2.21. The highest BCUT2D eigenvalue weighted by atomic mass is 32.1. The summed E-state index contributed by atoms with van der Waals surface area (Å²) in [7, 11) is 0. The number of nitrogens with zero attached hydrogens (tertiary/aromatic N) is 3. The van der Waals surface area contributed by atoms with Gasteiger partial charge in [0.25, 0.3) is 0 Å². The summed E-state index contributed by atoms with van der Waals surface area (Å²) in [5.74, 6) is 1.18. The van der Waals surface area contributed by atoms with Crippen molar-refractivity contribution < 1.29 is 9.32 Å². The molecule has 1 amide bonds. The van der Waals surface area contributed by atoms with Crippen LogP contribution in [0.4, 0.5) is 0 Å². The summed E-state index contributed by atoms with van der Waals surface area (Å²) in [5.41, 5.74) is 0.652. The number of hydrogen-bond donors (Lipinski definition) is 1. The Morgan fingerprint density at radius 2 is 2.16 bits per heavy atom. The molecule has 1 unspecified atom stereocenters. The summed E-state index contributed by atoms with van der Waals surface area (Å²) in [6.07, 6.45) is 2.38. The first-order valence-electron chi connectivity index (χ1n) is 8.20. The summed E-state index contributed by atoms with van der Waals surface area (Å²) >= 11 is 1.65. The van der Waals surface area contributed by atoms with E-state index in [9.17, 15) is 4.79 Å². The molecule has 1 N–H and O–H groups in total. The minimum Gasteiger partial charge on any atom is -0.348 e. The number of hydrogen-bond acceptors (Lipinski definition) is 6. The van der Waals surface area contributed by atoms with Crippen molar-refractivity contribution in [3.63, 3.8) is 0 Å². The largest absolute Gasteiger partial charge is 0.348 e. The third-order valence-corrected chi connectivity index (χ3v) is 4.72. The summed E-state index contributed by atoms with van der Waals surface area (Å²) in [6, 6.07) is 9.58. The van der Waals surface area contributed by atoms with Gasteiger partial charge in [0, 0.05) is 23.9 Å². The zero-order valence-corrected chi connectivity index (χ0v) is 15.0. The van der Waals surface area contributed by atoms with Gasteiger partial charge < -0.3 is 9.84 Å². The molecule has 0 saturated carbocycles. The molecule has 0 fully saturated rings. The molecule has 0 saturated heterocycles. The summed E-state index contributed by atoms with van der Waals surface area (Å²) in [4.78, 5) is 21.9. The molecule has 0 aliphatic rings. The lowest BCUT2D eigenvalue weighted by Crippen LogP contribution is -2.31. The van der Waals surface area contributed by atoms with Gasteiger partial charge in [-0.15, -0.1) is 11.3 Å². The fraction of sp³-hybridized carbons (Fsp3) is 0.333. The first kappa shape index (κ1) is 17.3. The van der Waals surface area contributed by atoms with Gasteiger partial charge in [0.1, 0.15) is 5.69 Å². The van der Waals surface area contributed by atoms with E-state index >= 15 is 0 Å². The Morgan fingerprint density at radius 1 is 1.28 bits per heavy atom. The van der Waals surface area contributed by atoms with E-state index in [1.54, 1.807) is 17.5 Å². The van der Waals surface area contributed by atoms with Crippen LogP contribution in [0.5, 0.6) is 0 Å². The second-order valence-corrected chi connectivity index (χ2v) is 7.01. The number of pyridine rings is 1. The molecular formula is C18H20N4O2S. The van der Waals surface area contributed by atoms with Gasteiger partial charge >= 0.3 is 0 Å². The molecule has 6 nitrogen and oxygen atoms in total. The molecular weight excluding hydrogens is 336 g/mol. The maximum Gasteiger partial charge on any atom is 0.227 e. The minimum absolute atomic E-state index is 0.0234. The lowest BCUT2D eigenvalue weighted by molar-refractivity contribution is -0.122. The smallest absolute Gasteiger partial charge is 0.227 e. The number of thiophene rings is 1. The average Bonchev–Trinajstić information content (AvgIpc) is 3.30. The molecule has 0 aromatic carbocycles. The van der Waals surface area contributed by atoms with Gasteiger partial charge in [0.15, 0.2) is 0 Å². The predicted molar refractivity (Wildman–Crippen MR) is 95.9 cm³/mol. The third kappa shape index (κ3) is 4.51. The van der Waals surface area contributed by atoms with Gasteiger partial charge in [-0.25, -0.2) is 0 Å². The molecule has 0 aliphatic heterocycles. The molecule has 3 heterocycles. The van der Waals surface area contributed by atoms with Gasteiger partial charge in [-0.2, -0.15) is 4.98 Å². The maximum atomic E-state index is 12.3. The van der Waals surface area contributed by atoms with Crippen molar-refractivity contribution >= 4 is 17.2 Å². The molecule has 3 aromatic heterocycles. The SMILES string of the molecule is CC(C)C(NC(=O)CCc1nc(-c2ccccn2)no1)c1cccs1. The van der Waals surface area contributed by atoms with E-state index in [0.717, 1.165) is 0 Å². The second kappa shape index (κ2) is 8.02. The van der Waals surface area contributed by atoms with Crippen molar-refractivity contribution in [2.75, 3.05) is 0 Å². The number of carbonyl (C=O) groups is 1. The van der Waals surface area contributed by atoms with Gasteiger partial charge in [-0.05, 0) is 29.5 Å². The van der Waals surface area contributed by atoms with Crippen LogP contribution in [-0.4, -0.2) is 21.0 Å². The number of aryl methyl sites for hydroxylation is 1. The van der Waals surface area contributed by atoms with Crippen LogP contribution >= 0.6 is 11.3 Å². The summed E-state index contributed by atoms with van der Waals surface area (Å²) < 4.78 is 5.22. The van der Waals surface area contributed by atoms with E-state index in [-0.39, 0.29) is 11.9 Å². The van der Waals surface area contributed by atoms with Crippen LogP contribution < -0.4 is 5.32 Å². The highest BCUT2D eigenvalue weighted by molar-refractivity contribution is 7.10. The lowest BCUT2D eigenvalue weighted by atomic mass is 10.0. The van der Waals surface area contributed by atoms with Gasteiger partial charge in [0.2, 0.25) is 17.6 Å². The Hall–Kier alpha value is -2.54. The van der Waals surface area contributed by atoms with Crippen molar-refractivity contribution in [2.45, 2.75) is 32.7 Å². The molecule has 7 heteroatoms. The van der Waals surface area contributed by atoms with Crippen molar-refractivity contribution in [1.29, 1.82) is 0 Å². The zero-order chi connectivity index (χ0) is 17.6. The van der Waals surface area contributed by atoms with Gasteiger partial charge in [-0.3, -0.25) is 9.78 Å². The predicted octanol–water partition coefficient (Wildman–Crippen LogP) is 3.64. The van der Waals surface area contributed by atoms with Crippen molar-refractivity contribution in [3.8, 4) is 11.5 Å². The second-order valence-electron chi connectivity index (χ2n) is 6.03. The molecule has 1 atom stereocenters. The normalized spacial score (nSPS) is 12.3. The number of amides is 1. The number of nitrogens with one attached hydrogen (secondary N) is 1. The number of carbonyl (C=O) groups excluding carboxylic acids is 1. The van der Waals surface area contributed by atoms with E-state index in [0.29, 0.717) is 36.2 Å². The molecule has 0 radical (unpaired) electrons. The fourth-order valence-corrected chi connectivity index (χ4v) is 3.41. The Morgan fingerprint density at radius 3 is 2.84 bits per heavy atom. The Kier molecular flexibility index (Phi) is 5.55. The highest BCUT2D eigenvalue weighted by Crippen LogP contribution is 2.25. The molecule has 0 aliphatic carbocycles. The first-order valence-corrected chi connectivity index (χ1v) is 9.08. The van der Waals surface area contributed by atoms with Crippen LogP contribution in [0.15, 0.2) is 46.4 Å². The van der Waals surface area contributed by atoms with Crippen LogP contribution in [0.3, 0.4) is 0 Å². The Balaban J connectivity index is 1.56. The monoisotopic (exact) mass is 356 g/mol. The highest BCUT2D eigenvalue weighted by Gasteiger charge is 2.19. The van der Waals surface area contributed by atoms with Crippen molar-refractivity contribution in [1.82, 2.24) is 20.4 Å². The van der Waals surface area contributed by atoms with Crippen LogP contribution in [0.2, 0.25) is 0 Å². The number of rotatable bonds is 7. The molecule has 130 valence electrons. The topological polar surface area (TPSA) is 80.9 Å². The van der Waals surface area contributed by atoms with Gasteiger partial charge in [0.05, 0.1) is 6.04 Å². The first-order chi connectivity index (χ1) is 12.1.